The fraction of sp³-hybridized carbons (Fsp3) is 0.281. The van der Waals surface area contributed by atoms with Crippen molar-refractivity contribution in [1.82, 2.24) is 10.6 Å². The Kier molecular flexibility index (Phi) is 17.1. The van der Waals surface area contributed by atoms with E-state index in [2.05, 4.69) is 43.6 Å². The fourth-order valence-electron chi connectivity index (χ4n) is 3.34. The van der Waals surface area contributed by atoms with Crippen molar-refractivity contribution in [3.63, 3.8) is 0 Å². The first kappa shape index (κ1) is 34.6. The molecule has 1 amide bonds. The molecule has 0 aromatic heterocycles. The smallest absolute Gasteiger partial charge is 0.251 e. The normalized spacial score (nSPS) is 11.0. The van der Waals surface area contributed by atoms with Crippen molar-refractivity contribution < 1.29 is 19.4 Å². The lowest BCUT2D eigenvalue weighted by Gasteiger charge is -2.14. The monoisotopic (exact) mass is 606 g/mol. The third-order valence-electron chi connectivity index (χ3n) is 5.33. The van der Waals surface area contributed by atoms with E-state index in [4.69, 9.17) is 21.1 Å². The number of para-hydroxylation sites is 1. The number of halogens is 1. The molecule has 0 heterocycles. The van der Waals surface area contributed by atoms with Crippen LogP contribution in [0, 0.1) is 12.3 Å². The number of hydrogen-bond donors (Lipinski definition) is 5. The van der Waals surface area contributed by atoms with Crippen LogP contribution in [-0.4, -0.2) is 69.0 Å². The van der Waals surface area contributed by atoms with Gasteiger partial charge in [0.25, 0.3) is 5.91 Å². The first-order valence-corrected chi connectivity index (χ1v) is 14.0. The number of phenolic OH excluding ortho intramolecular Hbond substituents is 1. The maximum absolute atomic E-state index is 12.0. The maximum atomic E-state index is 12.0. The van der Waals surface area contributed by atoms with Crippen LogP contribution < -0.4 is 21.3 Å². The highest BCUT2D eigenvalue weighted by atomic mass is 35.5. The van der Waals surface area contributed by atoms with Crippen LogP contribution in [-0.2, 0) is 9.47 Å². The zero-order valence-electron chi connectivity index (χ0n) is 24.5. The zero-order valence-corrected chi connectivity index (χ0v) is 25.2. The van der Waals surface area contributed by atoms with Crippen LogP contribution in [0.15, 0.2) is 88.8 Å². The van der Waals surface area contributed by atoms with E-state index in [0.29, 0.717) is 69.2 Å². The number of amides is 1. The third kappa shape index (κ3) is 15.3. The van der Waals surface area contributed by atoms with Gasteiger partial charge in [-0.25, -0.2) is 4.99 Å². The minimum absolute atomic E-state index is 0.00220. The van der Waals surface area contributed by atoms with Gasteiger partial charge in [0.15, 0.2) is 0 Å². The molecule has 0 aliphatic rings. The van der Waals surface area contributed by atoms with Crippen LogP contribution in [0.4, 0.5) is 11.4 Å². The molecule has 0 aliphatic heterocycles. The van der Waals surface area contributed by atoms with Gasteiger partial charge in [0.05, 0.1) is 43.8 Å². The van der Waals surface area contributed by atoms with E-state index >= 15 is 0 Å². The van der Waals surface area contributed by atoms with Crippen LogP contribution in [0.3, 0.4) is 0 Å². The van der Waals surface area contributed by atoms with E-state index < -0.39 is 0 Å². The molecule has 43 heavy (non-hydrogen) atoms. The lowest BCUT2D eigenvalue weighted by Crippen LogP contribution is -2.35. The van der Waals surface area contributed by atoms with Crippen molar-refractivity contribution in [3.05, 3.63) is 89.4 Å². The number of rotatable bonds is 14. The molecule has 11 heteroatoms. The lowest BCUT2D eigenvalue weighted by atomic mass is 10.2. The van der Waals surface area contributed by atoms with Gasteiger partial charge >= 0.3 is 0 Å². The Labute approximate surface area is 258 Å². The van der Waals surface area contributed by atoms with Gasteiger partial charge in [-0.2, -0.15) is 0 Å². The van der Waals surface area contributed by atoms with Crippen LogP contribution >= 0.6 is 11.6 Å². The van der Waals surface area contributed by atoms with E-state index in [1.54, 1.807) is 31.2 Å². The van der Waals surface area contributed by atoms with E-state index in [1.807, 2.05) is 55.5 Å². The van der Waals surface area contributed by atoms with Gasteiger partial charge in [0.1, 0.15) is 12.4 Å². The van der Waals surface area contributed by atoms with Crippen LogP contribution in [0.25, 0.3) is 0 Å². The summed E-state index contributed by atoms with van der Waals surface area (Å²) < 4.78 is 11.1. The second kappa shape index (κ2) is 21.2. The van der Waals surface area contributed by atoms with Gasteiger partial charge in [-0.1, -0.05) is 48.0 Å². The standard InChI is InChI=1S/C29H35ClN6O4.C3H4/c1-22(31-14-16-39-18-19-40-17-15-32-28(38)23-8-4-2-5-9-23)35-29(34-21-33-24-10-6-3-7-11-24)36-25-12-13-27(37)26(30)20-25;1-3-2/h2-13,20,33,37H,14-19,21H2,1H3,(H,32,38)(H2,31,34,35,36);1H,2H3. The summed E-state index contributed by atoms with van der Waals surface area (Å²) in [6.07, 6.45) is 4.60. The number of aliphatic imine (C=N–C) groups is 2. The van der Waals surface area contributed by atoms with Crippen molar-refractivity contribution in [1.29, 1.82) is 0 Å². The number of ether oxygens (including phenoxy) is 2. The topological polar surface area (TPSA) is 129 Å². The zero-order chi connectivity index (χ0) is 31.1. The number of anilines is 2. The number of hydrogen-bond acceptors (Lipinski definition) is 7. The Hall–Kier alpha value is -4.56. The minimum Gasteiger partial charge on any atom is -0.506 e. The summed E-state index contributed by atoms with van der Waals surface area (Å²) in [7, 11) is 0. The Bertz CT molecular complexity index is 1330. The van der Waals surface area contributed by atoms with Crippen LogP contribution in [0.2, 0.25) is 5.02 Å². The van der Waals surface area contributed by atoms with Crippen LogP contribution in [0.5, 0.6) is 5.75 Å². The van der Waals surface area contributed by atoms with Crippen molar-refractivity contribution >= 4 is 40.7 Å². The molecule has 5 N–H and O–H groups in total. The highest BCUT2D eigenvalue weighted by molar-refractivity contribution is 6.32. The lowest BCUT2D eigenvalue weighted by molar-refractivity contribution is 0.0512. The molecule has 3 aromatic carbocycles. The predicted molar refractivity (Wildman–Crippen MR) is 175 cm³/mol. The van der Waals surface area contributed by atoms with Gasteiger partial charge in [-0.3, -0.25) is 9.79 Å². The van der Waals surface area contributed by atoms with Gasteiger partial charge in [-0.15, -0.1) is 12.3 Å². The largest absolute Gasteiger partial charge is 0.506 e. The van der Waals surface area contributed by atoms with E-state index in [0.717, 1.165) is 5.69 Å². The SMILES string of the molecule is C#CC.CC(=NCCOCCOCCNC(=O)c1ccccc1)N/C(=N\CNc1ccccc1)Nc1ccc(O)c(Cl)c1. The van der Waals surface area contributed by atoms with E-state index in [1.165, 1.54) is 6.07 Å². The first-order chi connectivity index (χ1) is 20.9. The average Bonchev–Trinajstić information content (AvgIpc) is 3.01. The summed E-state index contributed by atoms with van der Waals surface area (Å²) in [6, 6.07) is 23.6. The molecular weight excluding hydrogens is 568 g/mol. The summed E-state index contributed by atoms with van der Waals surface area (Å²) in [5.74, 6) is 3.23. The number of amidine groups is 1. The summed E-state index contributed by atoms with van der Waals surface area (Å²) in [5.41, 5.74) is 2.23. The molecule has 0 unspecified atom stereocenters. The molecule has 0 saturated carbocycles. The number of terminal acetylenes is 1. The molecule has 3 rings (SSSR count). The second-order valence-corrected chi connectivity index (χ2v) is 9.13. The summed E-state index contributed by atoms with van der Waals surface area (Å²) in [4.78, 5) is 21.0. The molecule has 0 atom stereocenters. The van der Waals surface area contributed by atoms with Gasteiger partial charge in [0.2, 0.25) is 5.96 Å². The number of phenols is 1. The third-order valence-corrected chi connectivity index (χ3v) is 5.63. The molecule has 3 aromatic rings. The Morgan fingerprint density at radius 3 is 2.26 bits per heavy atom. The molecule has 0 aliphatic carbocycles. The molecule has 0 radical (unpaired) electrons. The quantitative estimate of drug-likeness (QED) is 0.0575. The van der Waals surface area contributed by atoms with Gasteiger partial charge in [-0.05, 0) is 56.3 Å². The Morgan fingerprint density at radius 1 is 0.930 bits per heavy atom. The summed E-state index contributed by atoms with van der Waals surface area (Å²) in [5, 5.41) is 22.3. The van der Waals surface area contributed by atoms with Crippen molar-refractivity contribution in [2.45, 2.75) is 13.8 Å². The van der Waals surface area contributed by atoms with Crippen LogP contribution in [0.1, 0.15) is 24.2 Å². The number of aromatic hydroxyl groups is 1. The molecule has 0 saturated heterocycles. The molecule has 0 fully saturated rings. The number of nitrogens with zero attached hydrogens (tertiary/aromatic N) is 2. The number of benzene rings is 3. The maximum Gasteiger partial charge on any atom is 0.251 e. The van der Waals surface area contributed by atoms with Crippen molar-refractivity contribution in [2.75, 3.05) is 56.8 Å². The summed E-state index contributed by atoms with van der Waals surface area (Å²) in [6.45, 7) is 6.36. The fourth-order valence-corrected chi connectivity index (χ4v) is 3.52. The number of carbonyl (C=O) groups is 1. The van der Waals surface area contributed by atoms with E-state index in [-0.39, 0.29) is 16.7 Å². The molecule has 0 spiro atoms. The number of carbonyl (C=O) groups excluding carboxylic acids is 1. The Balaban J connectivity index is 0.00000206. The van der Waals surface area contributed by atoms with Gasteiger partial charge < -0.3 is 35.8 Å². The first-order valence-electron chi connectivity index (χ1n) is 13.7. The van der Waals surface area contributed by atoms with Gasteiger partial charge in [0, 0.05) is 23.5 Å². The summed E-state index contributed by atoms with van der Waals surface area (Å²) >= 11 is 6.04. The highest BCUT2D eigenvalue weighted by Crippen LogP contribution is 2.26. The number of nitrogens with one attached hydrogen (secondary N) is 4. The average molecular weight is 607 g/mol. The van der Waals surface area contributed by atoms with E-state index in [9.17, 15) is 9.90 Å². The molecular formula is C32H39ClN6O4. The number of guanidine groups is 1. The highest BCUT2D eigenvalue weighted by Gasteiger charge is 2.05. The van der Waals surface area contributed by atoms with Crippen molar-refractivity contribution in [3.8, 4) is 18.1 Å². The second-order valence-electron chi connectivity index (χ2n) is 8.73. The minimum atomic E-state index is -0.120. The molecule has 10 nitrogen and oxygen atoms in total. The molecule has 228 valence electrons. The van der Waals surface area contributed by atoms with Crippen molar-refractivity contribution in [2.24, 2.45) is 9.98 Å². The molecule has 0 bridgehead atoms. The predicted octanol–water partition coefficient (Wildman–Crippen LogP) is 4.99. The Morgan fingerprint density at radius 2 is 1.58 bits per heavy atom.